The molecule has 0 spiro atoms. The third-order valence-corrected chi connectivity index (χ3v) is 6.32. The molecule has 0 saturated carbocycles. The number of benzene rings is 4. The van der Waals surface area contributed by atoms with Crippen LogP contribution in [-0.2, 0) is 21.5 Å². The van der Waals surface area contributed by atoms with E-state index in [-0.39, 0.29) is 22.8 Å². The van der Waals surface area contributed by atoms with Crippen LogP contribution in [0.5, 0.6) is 5.75 Å². The summed E-state index contributed by atoms with van der Waals surface area (Å²) in [5, 5.41) is 13.9. The molecule has 4 aromatic carbocycles. The maximum absolute atomic E-state index is 13.0. The molecule has 0 atom stereocenters. The van der Waals surface area contributed by atoms with Crippen LogP contribution in [0.3, 0.4) is 0 Å². The first-order chi connectivity index (χ1) is 16.5. The highest BCUT2D eigenvalue weighted by molar-refractivity contribution is 7.87. The quantitative estimate of drug-likeness (QED) is 0.238. The summed E-state index contributed by atoms with van der Waals surface area (Å²) >= 11 is 0. The van der Waals surface area contributed by atoms with Gasteiger partial charge in [0, 0.05) is 12.1 Å². The van der Waals surface area contributed by atoms with Gasteiger partial charge in [0.05, 0.1) is 0 Å². The minimum Gasteiger partial charge on any atom is -0.378 e. The molecule has 4 aromatic rings. The van der Waals surface area contributed by atoms with Gasteiger partial charge in [-0.3, -0.25) is 4.79 Å². The number of nitriles is 1. The van der Waals surface area contributed by atoms with E-state index in [2.05, 4.69) is 5.32 Å². The molecule has 1 amide bonds. The van der Waals surface area contributed by atoms with E-state index in [0.717, 1.165) is 16.3 Å². The second kappa shape index (κ2) is 10.0. The van der Waals surface area contributed by atoms with Gasteiger partial charge in [0.1, 0.15) is 22.3 Å². The smallest absolute Gasteiger partial charge is 0.339 e. The van der Waals surface area contributed by atoms with E-state index in [1.807, 2.05) is 60.7 Å². The summed E-state index contributed by atoms with van der Waals surface area (Å²) in [6.45, 7) is 0.257. The lowest BCUT2D eigenvalue weighted by molar-refractivity contribution is -0.117. The average Bonchev–Trinajstić information content (AvgIpc) is 2.87. The topological polar surface area (TPSA) is 96.3 Å². The maximum Gasteiger partial charge on any atom is 0.339 e. The summed E-state index contributed by atoms with van der Waals surface area (Å²) in [7, 11) is -4.15. The van der Waals surface area contributed by atoms with E-state index in [1.165, 1.54) is 18.2 Å². The first-order valence-electron chi connectivity index (χ1n) is 10.4. The molecule has 0 aliphatic carbocycles. The number of carbonyl (C=O) groups is 1. The number of fused-ring (bicyclic) bond motifs is 1. The van der Waals surface area contributed by atoms with Gasteiger partial charge in [-0.25, -0.2) is 0 Å². The lowest BCUT2D eigenvalue weighted by Crippen LogP contribution is -2.23. The van der Waals surface area contributed by atoms with Crippen molar-refractivity contribution in [3.63, 3.8) is 0 Å². The van der Waals surface area contributed by atoms with Gasteiger partial charge in [-0.15, -0.1) is 0 Å². The first kappa shape index (κ1) is 22.8. The molecule has 4 rings (SSSR count). The predicted molar refractivity (Wildman–Crippen MR) is 130 cm³/mol. The molecule has 0 fully saturated rings. The Labute approximate surface area is 197 Å². The minimum atomic E-state index is -4.15. The molecule has 0 saturated heterocycles. The molecule has 0 heterocycles. The Kier molecular flexibility index (Phi) is 6.72. The molecule has 0 unspecified atom stereocenters. The van der Waals surface area contributed by atoms with Crippen LogP contribution in [0.2, 0.25) is 0 Å². The number of nitrogens with zero attached hydrogens (tertiary/aromatic N) is 1. The molecular weight excluding hydrogens is 448 g/mol. The highest BCUT2D eigenvalue weighted by atomic mass is 32.2. The van der Waals surface area contributed by atoms with Crippen molar-refractivity contribution in [1.82, 2.24) is 5.32 Å². The second-order valence-electron chi connectivity index (χ2n) is 7.42. The van der Waals surface area contributed by atoms with Crippen LogP contribution >= 0.6 is 0 Å². The van der Waals surface area contributed by atoms with E-state index in [9.17, 15) is 18.5 Å². The van der Waals surface area contributed by atoms with Crippen molar-refractivity contribution >= 4 is 32.9 Å². The Balaban J connectivity index is 1.58. The van der Waals surface area contributed by atoms with Crippen LogP contribution < -0.4 is 9.50 Å². The predicted octanol–water partition coefficient (Wildman–Crippen LogP) is 4.83. The van der Waals surface area contributed by atoms with Crippen LogP contribution in [-0.4, -0.2) is 14.3 Å². The summed E-state index contributed by atoms with van der Waals surface area (Å²) in [6.07, 6.45) is 1.31. The van der Waals surface area contributed by atoms with E-state index < -0.39 is 16.0 Å². The van der Waals surface area contributed by atoms with Crippen molar-refractivity contribution in [2.45, 2.75) is 11.4 Å². The Bertz CT molecular complexity index is 1520. The Hall–Kier alpha value is -4.41. The van der Waals surface area contributed by atoms with Gasteiger partial charge >= 0.3 is 10.1 Å². The third kappa shape index (κ3) is 5.31. The lowest BCUT2D eigenvalue weighted by atomic mass is 10.1. The summed E-state index contributed by atoms with van der Waals surface area (Å²) in [6, 6.07) is 29.6. The van der Waals surface area contributed by atoms with Gasteiger partial charge in [-0.05, 0) is 40.6 Å². The molecule has 6 nitrogen and oxygen atoms in total. The number of carbonyl (C=O) groups excluding carboxylic acids is 1. The van der Waals surface area contributed by atoms with E-state index in [4.69, 9.17) is 4.18 Å². The summed E-state index contributed by atoms with van der Waals surface area (Å²) in [5.41, 5.74) is 1.01. The summed E-state index contributed by atoms with van der Waals surface area (Å²) in [5.74, 6) is -0.558. The Morgan fingerprint density at radius 2 is 1.56 bits per heavy atom. The Morgan fingerprint density at radius 3 is 2.32 bits per heavy atom. The Morgan fingerprint density at radius 1 is 0.882 bits per heavy atom. The van der Waals surface area contributed by atoms with E-state index in [1.54, 1.807) is 30.3 Å². The van der Waals surface area contributed by atoms with Crippen molar-refractivity contribution in [3.8, 4) is 11.8 Å². The van der Waals surface area contributed by atoms with Gasteiger partial charge in [-0.2, -0.15) is 13.7 Å². The summed E-state index contributed by atoms with van der Waals surface area (Å²) in [4.78, 5) is 12.5. The number of amides is 1. The molecule has 0 aliphatic rings. The number of nitrogens with one attached hydrogen (secondary N) is 1. The fourth-order valence-electron chi connectivity index (χ4n) is 3.34. The number of para-hydroxylation sites is 1. The van der Waals surface area contributed by atoms with Crippen LogP contribution in [0, 0.1) is 11.3 Å². The molecular formula is C27H20N2O4S. The molecule has 0 radical (unpaired) electrons. The SMILES string of the molecule is N#C/C(=C\c1ccccc1OS(=O)(=O)c1ccc2ccccc2c1)C(=O)NCc1ccccc1. The monoisotopic (exact) mass is 468 g/mol. The first-order valence-corrected chi connectivity index (χ1v) is 11.8. The largest absolute Gasteiger partial charge is 0.378 e. The van der Waals surface area contributed by atoms with Gasteiger partial charge in [-0.1, -0.05) is 78.9 Å². The zero-order chi connectivity index (χ0) is 24.0. The lowest BCUT2D eigenvalue weighted by Gasteiger charge is -2.11. The number of hydrogen-bond donors (Lipinski definition) is 1. The van der Waals surface area contributed by atoms with Gasteiger partial charge in [0.15, 0.2) is 0 Å². The fourth-order valence-corrected chi connectivity index (χ4v) is 4.33. The molecule has 0 aliphatic heterocycles. The fraction of sp³-hybridized carbons (Fsp3) is 0.0370. The van der Waals surface area contributed by atoms with Crippen molar-refractivity contribution in [2.24, 2.45) is 0 Å². The standard InChI is InChI=1S/C27H20N2O4S/c28-18-24(27(30)29-19-20-8-2-1-3-9-20)16-23-12-6-7-13-26(23)33-34(31,32)25-15-14-21-10-4-5-11-22(21)17-25/h1-17H,19H2,(H,29,30)/b24-16+. The molecule has 7 heteroatoms. The van der Waals surface area contributed by atoms with Gasteiger partial charge < -0.3 is 9.50 Å². The van der Waals surface area contributed by atoms with Gasteiger partial charge in [0.25, 0.3) is 5.91 Å². The average molecular weight is 469 g/mol. The molecule has 1 N–H and O–H groups in total. The van der Waals surface area contributed by atoms with Crippen molar-refractivity contribution in [1.29, 1.82) is 5.26 Å². The highest BCUT2D eigenvalue weighted by Gasteiger charge is 2.19. The minimum absolute atomic E-state index is 0.00564. The molecule has 34 heavy (non-hydrogen) atoms. The second-order valence-corrected chi connectivity index (χ2v) is 8.97. The van der Waals surface area contributed by atoms with Crippen molar-refractivity contribution in [3.05, 3.63) is 114 Å². The third-order valence-electron chi connectivity index (χ3n) is 5.09. The van der Waals surface area contributed by atoms with Crippen molar-refractivity contribution < 1.29 is 17.4 Å². The van der Waals surface area contributed by atoms with Gasteiger partial charge in [0.2, 0.25) is 0 Å². The van der Waals surface area contributed by atoms with Crippen LogP contribution in [0.1, 0.15) is 11.1 Å². The molecule has 168 valence electrons. The summed E-state index contributed by atoms with van der Waals surface area (Å²) < 4.78 is 31.3. The zero-order valence-corrected chi connectivity index (χ0v) is 18.8. The maximum atomic E-state index is 13.0. The van der Waals surface area contributed by atoms with Crippen LogP contribution in [0.4, 0.5) is 0 Å². The number of hydrogen-bond acceptors (Lipinski definition) is 5. The van der Waals surface area contributed by atoms with Crippen molar-refractivity contribution in [2.75, 3.05) is 0 Å². The number of rotatable bonds is 7. The normalized spacial score (nSPS) is 11.6. The molecule has 0 aromatic heterocycles. The van der Waals surface area contributed by atoms with Crippen LogP contribution in [0.15, 0.2) is 108 Å². The van der Waals surface area contributed by atoms with E-state index >= 15 is 0 Å². The molecule has 0 bridgehead atoms. The zero-order valence-electron chi connectivity index (χ0n) is 18.0. The highest BCUT2D eigenvalue weighted by Crippen LogP contribution is 2.26. The van der Waals surface area contributed by atoms with Crippen LogP contribution in [0.25, 0.3) is 16.8 Å². The van der Waals surface area contributed by atoms with E-state index in [0.29, 0.717) is 5.56 Å².